The predicted octanol–water partition coefficient (Wildman–Crippen LogP) is 5.39. The number of anilines is 2. The number of nitrogens with zero attached hydrogens (tertiary/aromatic N) is 5. The molecule has 0 aliphatic carbocycles. The van der Waals surface area contributed by atoms with Crippen molar-refractivity contribution in [1.29, 1.82) is 0 Å². The first kappa shape index (κ1) is 33.1. The zero-order valence-corrected chi connectivity index (χ0v) is 27.9. The SMILES string of the molecule is C[C@@H]1[C@@H]([Si](C)(C)F)[C@H](CCn2cc(CCO)nn2)O[C@@]12C(=O)N(Cc1ccc(NC(=O)c3ccccc3)cc1)c1ccc([N+](=O)[O-])cc12. The van der Waals surface area contributed by atoms with Crippen LogP contribution in [0.1, 0.15) is 40.5 Å². The van der Waals surface area contributed by atoms with E-state index in [9.17, 15) is 24.8 Å². The number of hydrogen-bond acceptors (Lipinski definition) is 8. The lowest BCUT2D eigenvalue weighted by Gasteiger charge is -2.31. The van der Waals surface area contributed by atoms with E-state index in [1.807, 2.05) is 13.0 Å². The fourth-order valence-corrected chi connectivity index (χ4v) is 9.72. The quantitative estimate of drug-likeness (QED) is 0.0932. The standard InChI is InChI=1S/C34H37FN6O6Si/c1-22-31(48(2,3)35)30(15-17-39-21-26(16-18-42)37-38-39)47-34(22)28-19-27(41(45)46)13-14-29(28)40(33(34)44)20-23-9-11-25(12-10-23)36-32(43)24-7-5-4-6-8-24/h4-14,19,21-22,30-31,42H,15-18,20H2,1-3H3,(H,36,43)/t22-,30+,31-,34+/m1/s1. The van der Waals surface area contributed by atoms with Crippen molar-refractivity contribution in [2.75, 3.05) is 16.8 Å². The molecule has 0 unspecified atom stereocenters. The monoisotopic (exact) mass is 672 g/mol. The molecule has 250 valence electrons. The van der Waals surface area contributed by atoms with Gasteiger partial charge in [0, 0.05) is 66.2 Å². The third kappa shape index (κ3) is 6.13. The molecule has 0 bridgehead atoms. The molecule has 4 aromatic rings. The molecule has 2 N–H and O–H groups in total. The van der Waals surface area contributed by atoms with Crippen LogP contribution in [0.3, 0.4) is 0 Å². The van der Waals surface area contributed by atoms with Gasteiger partial charge in [0.15, 0.2) is 5.60 Å². The summed E-state index contributed by atoms with van der Waals surface area (Å²) in [6.07, 6.45) is 1.75. The van der Waals surface area contributed by atoms with Gasteiger partial charge in [0.2, 0.25) is 8.41 Å². The van der Waals surface area contributed by atoms with Gasteiger partial charge in [-0.25, -0.2) is 0 Å². The molecule has 1 spiro atoms. The lowest BCUT2D eigenvalue weighted by molar-refractivity contribution is -0.385. The summed E-state index contributed by atoms with van der Waals surface area (Å²) >= 11 is 0. The van der Waals surface area contributed by atoms with Crippen molar-refractivity contribution >= 4 is 37.3 Å². The van der Waals surface area contributed by atoms with Gasteiger partial charge in [-0.05, 0) is 55.4 Å². The predicted molar refractivity (Wildman–Crippen MR) is 179 cm³/mol. The van der Waals surface area contributed by atoms with E-state index in [4.69, 9.17) is 4.74 Å². The number of fused-ring (bicyclic) bond motifs is 2. The fraction of sp³-hybridized carbons (Fsp3) is 0.353. The summed E-state index contributed by atoms with van der Waals surface area (Å²) in [6, 6.07) is 20.2. The van der Waals surface area contributed by atoms with E-state index in [0.717, 1.165) is 5.56 Å². The molecular formula is C34H37FN6O6Si. The second-order valence-electron chi connectivity index (χ2n) is 12.9. The van der Waals surface area contributed by atoms with Crippen LogP contribution >= 0.6 is 0 Å². The summed E-state index contributed by atoms with van der Waals surface area (Å²) in [7, 11) is -3.46. The number of nitrogens with one attached hydrogen (secondary N) is 1. The van der Waals surface area contributed by atoms with Crippen molar-refractivity contribution in [2.45, 2.75) is 63.2 Å². The Bertz CT molecular complexity index is 1830. The van der Waals surface area contributed by atoms with Crippen LogP contribution in [0.15, 0.2) is 79.0 Å². The Morgan fingerprint density at radius 1 is 1.15 bits per heavy atom. The van der Waals surface area contributed by atoms with Crippen molar-refractivity contribution in [3.05, 3.63) is 111 Å². The topological polar surface area (TPSA) is 153 Å². The van der Waals surface area contributed by atoms with Crippen LogP contribution in [-0.4, -0.2) is 58.0 Å². The Hall–Kier alpha value is -4.79. The number of carbonyl (C=O) groups excluding carboxylic acids is 2. The second kappa shape index (κ2) is 13.0. The van der Waals surface area contributed by atoms with Gasteiger partial charge in [0.05, 0.1) is 29.0 Å². The second-order valence-corrected chi connectivity index (χ2v) is 16.7. The van der Waals surface area contributed by atoms with Crippen molar-refractivity contribution < 1.29 is 28.5 Å². The molecular weight excluding hydrogens is 635 g/mol. The molecule has 1 fully saturated rings. The third-order valence-electron chi connectivity index (χ3n) is 9.34. The number of hydrogen-bond donors (Lipinski definition) is 2. The highest BCUT2D eigenvalue weighted by Crippen LogP contribution is 2.60. The minimum absolute atomic E-state index is 0.0622. The maximum atomic E-state index is 16.2. The van der Waals surface area contributed by atoms with Crippen LogP contribution in [0.4, 0.5) is 21.2 Å². The Morgan fingerprint density at radius 2 is 1.88 bits per heavy atom. The molecule has 2 aliphatic heterocycles. The number of benzene rings is 3. The van der Waals surface area contributed by atoms with Crippen LogP contribution in [0.2, 0.25) is 18.6 Å². The van der Waals surface area contributed by atoms with Gasteiger partial charge < -0.3 is 24.2 Å². The average Bonchev–Trinajstić information content (AvgIpc) is 3.71. The van der Waals surface area contributed by atoms with Crippen molar-refractivity contribution in [3.8, 4) is 0 Å². The number of aryl methyl sites for hydroxylation is 1. The van der Waals surface area contributed by atoms with E-state index in [1.54, 1.807) is 83.5 Å². The minimum atomic E-state index is -3.46. The van der Waals surface area contributed by atoms with Crippen molar-refractivity contribution in [2.24, 2.45) is 5.92 Å². The zero-order chi connectivity index (χ0) is 34.2. The number of aliphatic hydroxyl groups is 1. The van der Waals surface area contributed by atoms with E-state index in [1.165, 1.54) is 12.1 Å². The number of aliphatic hydroxyl groups excluding tert-OH is 1. The Kier molecular flexibility index (Phi) is 8.98. The molecule has 1 saturated heterocycles. The number of halogens is 1. The normalized spacial score (nSPS) is 21.9. The number of amides is 2. The summed E-state index contributed by atoms with van der Waals surface area (Å²) in [5.41, 5.74) is 0.911. The Balaban J connectivity index is 1.30. The highest BCUT2D eigenvalue weighted by molar-refractivity contribution is 6.72. The highest BCUT2D eigenvalue weighted by atomic mass is 28.4. The van der Waals surface area contributed by atoms with E-state index in [-0.39, 0.29) is 24.7 Å². The number of non-ortho nitro benzene ring substituents is 1. The smallest absolute Gasteiger partial charge is 0.269 e. The fourth-order valence-electron chi connectivity index (χ4n) is 7.18. The number of rotatable bonds is 11. The van der Waals surface area contributed by atoms with Gasteiger partial charge >= 0.3 is 0 Å². The van der Waals surface area contributed by atoms with Crippen LogP contribution in [0.5, 0.6) is 0 Å². The molecule has 3 heterocycles. The average molecular weight is 673 g/mol. The maximum Gasteiger partial charge on any atom is 0.269 e. The molecule has 1 aromatic heterocycles. The molecule has 2 amide bonds. The van der Waals surface area contributed by atoms with Crippen molar-refractivity contribution in [1.82, 2.24) is 15.0 Å². The summed E-state index contributed by atoms with van der Waals surface area (Å²) in [5, 5.41) is 32.2. The van der Waals surface area contributed by atoms with Crippen LogP contribution in [0, 0.1) is 16.0 Å². The lowest BCUT2D eigenvalue weighted by Crippen LogP contribution is -2.45. The Morgan fingerprint density at radius 3 is 2.54 bits per heavy atom. The van der Waals surface area contributed by atoms with E-state index < -0.39 is 42.4 Å². The van der Waals surface area contributed by atoms with Gasteiger partial charge in [0.1, 0.15) is 0 Å². The summed E-state index contributed by atoms with van der Waals surface area (Å²) in [6.45, 7) is 5.42. The number of carbonyl (C=O) groups is 2. The van der Waals surface area contributed by atoms with Gasteiger partial charge in [-0.3, -0.25) is 24.4 Å². The first-order chi connectivity index (χ1) is 22.9. The molecule has 0 radical (unpaired) electrons. The van der Waals surface area contributed by atoms with Gasteiger partial charge in [-0.2, -0.15) is 0 Å². The molecule has 2 aliphatic rings. The molecule has 3 aromatic carbocycles. The van der Waals surface area contributed by atoms with Crippen LogP contribution in [0.25, 0.3) is 0 Å². The van der Waals surface area contributed by atoms with Crippen LogP contribution in [-0.2, 0) is 34.6 Å². The first-order valence-electron chi connectivity index (χ1n) is 15.8. The van der Waals surface area contributed by atoms with Gasteiger partial charge in [0.25, 0.3) is 17.5 Å². The van der Waals surface area contributed by atoms with Crippen LogP contribution < -0.4 is 10.2 Å². The minimum Gasteiger partial charge on any atom is -0.396 e. The maximum absolute atomic E-state index is 16.2. The number of aromatic nitrogens is 3. The lowest BCUT2D eigenvalue weighted by atomic mass is 9.82. The summed E-state index contributed by atoms with van der Waals surface area (Å²) < 4.78 is 24.5. The summed E-state index contributed by atoms with van der Waals surface area (Å²) in [4.78, 5) is 40.2. The summed E-state index contributed by atoms with van der Waals surface area (Å²) in [5.74, 6) is -1.27. The number of ether oxygens (including phenoxy) is 1. The van der Waals surface area contributed by atoms with Gasteiger partial charge in [-0.1, -0.05) is 42.5 Å². The van der Waals surface area contributed by atoms with E-state index >= 15 is 4.11 Å². The molecule has 14 heteroatoms. The number of nitro groups is 1. The largest absolute Gasteiger partial charge is 0.396 e. The zero-order valence-electron chi connectivity index (χ0n) is 26.9. The molecule has 4 atom stereocenters. The Labute approximate surface area is 277 Å². The molecule has 0 saturated carbocycles. The van der Waals surface area contributed by atoms with E-state index in [0.29, 0.717) is 47.6 Å². The molecule has 48 heavy (non-hydrogen) atoms. The third-order valence-corrected chi connectivity index (χ3v) is 11.8. The van der Waals surface area contributed by atoms with Gasteiger partial charge in [-0.15, -0.1) is 5.10 Å². The van der Waals surface area contributed by atoms with E-state index in [2.05, 4.69) is 15.6 Å². The van der Waals surface area contributed by atoms with Crippen molar-refractivity contribution in [3.63, 3.8) is 0 Å². The first-order valence-corrected chi connectivity index (χ1v) is 18.8. The molecule has 6 rings (SSSR count). The molecule has 12 nitrogen and oxygen atoms in total. The highest BCUT2D eigenvalue weighted by Gasteiger charge is 2.66. The number of nitro benzene ring substituents is 1.